The van der Waals surface area contributed by atoms with Gasteiger partial charge in [-0.1, -0.05) is 12.1 Å². The second-order valence-electron chi connectivity index (χ2n) is 3.17. The summed E-state index contributed by atoms with van der Waals surface area (Å²) in [5.41, 5.74) is 1.42. The summed E-state index contributed by atoms with van der Waals surface area (Å²) in [6.07, 6.45) is 0. The number of rotatable bonds is 0. The van der Waals surface area contributed by atoms with Crippen LogP contribution in [0.5, 0.6) is 5.75 Å². The van der Waals surface area contributed by atoms with Crippen LogP contribution in [0, 0.1) is 0 Å². The van der Waals surface area contributed by atoms with Gasteiger partial charge in [0.2, 0.25) is 0 Å². The summed E-state index contributed by atoms with van der Waals surface area (Å²) in [6, 6.07) is 9.17. The van der Waals surface area contributed by atoms with Crippen molar-refractivity contribution in [3.05, 3.63) is 41.3 Å². The Labute approximate surface area is 90.3 Å². The zero-order valence-electron chi connectivity index (χ0n) is 7.69. The Morgan fingerprint density at radius 2 is 2.07 bits per heavy atom. The summed E-state index contributed by atoms with van der Waals surface area (Å²) in [5.74, 6) is 0.273. The molecule has 0 bridgehead atoms. The van der Waals surface area contributed by atoms with Crippen LogP contribution in [-0.2, 0) is 0 Å². The number of anilines is 2. The lowest BCUT2D eigenvalue weighted by Crippen LogP contribution is -2.05. The third-order valence-electron chi connectivity index (χ3n) is 2.22. The number of hydrogen-bond acceptors (Lipinski definition) is 4. The van der Waals surface area contributed by atoms with Gasteiger partial charge in [-0.2, -0.15) is 0 Å². The Morgan fingerprint density at radius 1 is 1.20 bits per heavy atom. The van der Waals surface area contributed by atoms with Gasteiger partial charge in [-0.05, 0) is 23.6 Å². The molecule has 0 atom stereocenters. The van der Waals surface area contributed by atoms with E-state index >= 15 is 0 Å². The minimum Gasteiger partial charge on any atom is -0.421 e. The van der Waals surface area contributed by atoms with Crippen LogP contribution in [0.25, 0.3) is 0 Å². The van der Waals surface area contributed by atoms with Crippen molar-refractivity contribution in [2.45, 2.75) is 0 Å². The number of esters is 1. The Balaban J connectivity index is 2.18. The zero-order chi connectivity index (χ0) is 10.3. The van der Waals surface area contributed by atoms with Gasteiger partial charge in [0.15, 0.2) is 5.75 Å². The lowest BCUT2D eigenvalue weighted by atomic mass is 10.3. The number of ether oxygens (including phenoxy) is 1. The molecule has 2 heterocycles. The smallest absolute Gasteiger partial charge is 0.346 e. The summed E-state index contributed by atoms with van der Waals surface area (Å²) in [6.45, 7) is 0. The van der Waals surface area contributed by atoms with E-state index in [4.69, 9.17) is 4.74 Å². The number of thiophene rings is 1. The monoisotopic (exact) mass is 217 g/mol. The summed E-state index contributed by atoms with van der Waals surface area (Å²) in [5, 5.41) is 5.89. The minimum absolute atomic E-state index is 0.302. The molecule has 0 amide bonds. The fourth-order valence-corrected chi connectivity index (χ4v) is 2.29. The van der Waals surface area contributed by atoms with Gasteiger partial charge in [0.05, 0.1) is 11.3 Å². The van der Waals surface area contributed by atoms with Crippen LogP contribution in [-0.4, -0.2) is 5.97 Å². The van der Waals surface area contributed by atoms with Crippen molar-refractivity contribution in [1.29, 1.82) is 0 Å². The van der Waals surface area contributed by atoms with Gasteiger partial charge < -0.3 is 10.1 Å². The van der Waals surface area contributed by atoms with E-state index in [2.05, 4.69) is 5.32 Å². The lowest BCUT2D eigenvalue weighted by Gasteiger charge is -2.04. The maximum absolute atomic E-state index is 11.7. The van der Waals surface area contributed by atoms with E-state index in [-0.39, 0.29) is 5.97 Å². The van der Waals surface area contributed by atoms with E-state index in [1.807, 2.05) is 23.6 Å². The fraction of sp³-hybridized carbons (Fsp3) is 0. The Bertz CT molecular complexity index is 533. The van der Waals surface area contributed by atoms with Gasteiger partial charge in [0, 0.05) is 0 Å². The van der Waals surface area contributed by atoms with Gasteiger partial charge in [0.1, 0.15) is 5.00 Å². The molecule has 1 aliphatic heterocycles. The number of nitrogens with one attached hydrogen (secondary N) is 1. The molecule has 1 N–H and O–H groups in total. The van der Waals surface area contributed by atoms with Crippen LogP contribution in [0.4, 0.5) is 10.7 Å². The first-order valence-electron chi connectivity index (χ1n) is 4.50. The van der Waals surface area contributed by atoms with Gasteiger partial charge in [-0.25, -0.2) is 4.79 Å². The average molecular weight is 217 g/mol. The minimum atomic E-state index is -0.302. The highest BCUT2D eigenvalue weighted by Crippen LogP contribution is 2.36. The molecular formula is C11H7NO2S. The number of fused-ring (bicyclic) bond motifs is 2. The quantitative estimate of drug-likeness (QED) is 0.544. The van der Waals surface area contributed by atoms with E-state index in [9.17, 15) is 4.79 Å². The van der Waals surface area contributed by atoms with E-state index in [0.29, 0.717) is 11.3 Å². The maximum atomic E-state index is 11.7. The summed E-state index contributed by atoms with van der Waals surface area (Å²) < 4.78 is 5.25. The van der Waals surface area contributed by atoms with Gasteiger partial charge >= 0.3 is 5.97 Å². The lowest BCUT2D eigenvalue weighted by molar-refractivity contribution is 0.0739. The Morgan fingerprint density at radius 3 is 3.00 bits per heavy atom. The number of carbonyl (C=O) groups is 1. The molecule has 0 aliphatic carbocycles. The number of para-hydroxylation sites is 2. The Kier molecular flexibility index (Phi) is 1.76. The molecule has 2 aromatic rings. The molecule has 15 heavy (non-hydrogen) atoms. The first kappa shape index (κ1) is 8.49. The van der Waals surface area contributed by atoms with Crippen molar-refractivity contribution >= 4 is 28.0 Å². The third-order valence-corrected chi connectivity index (χ3v) is 3.05. The molecule has 0 saturated carbocycles. The zero-order valence-corrected chi connectivity index (χ0v) is 8.51. The SMILES string of the molecule is O=C1Oc2ccccc2Nc2sccc21. The van der Waals surface area contributed by atoms with Crippen molar-refractivity contribution in [2.75, 3.05) is 5.32 Å². The summed E-state index contributed by atoms with van der Waals surface area (Å²) >= 11 is 1.49. The second kappa shape index (κ2) is 3.10. The van der Waals surface area contributed by atoms with E-state index in [1.54, 1.807) is 12.1 Å². The van der Waals surface area contributed by atoms with Crippen molar-refractivity contribution in [1.82, 2.24) is 0 Å². The first-order valence-corrected chi connectivity index (χ1v) is 5.38. The van der Waals surface area contributed by atoms with Crippen LogP contribution >= 0.6 is 11.3 Å². The molecule has 74 valence electrons. The summed E-state index contributed by atoms with van der Waals surface area (Å²) in [7, 11) is 0. The van der Waals surface area contributed by atoms with Gasteiger partial charge in [-0.3, -0.25) is 0 Å². The predicted octanol–water partition coefficient (Wildman–Crippen LogP) is 3.02. The average Bonchev–Trinajstić information content (AvgIpc) is 2.64. The maximum Gasteiger partial charge on any atom is 0.346 e. The van der Waals surface area contributed by atoms with Crippen LogP contribution in [0.3, 0.4) is 0 Å². The van der Waals surface area contributed by atoms with Crippen LogP contribution in [0.2, 0.25) is 0 Å². The molecule has 3 rings (SSSR count). The molecule has 0 fully saturated rings. The van der Waals surface area contributed by atoms with Crippen molar-refractivity contribution in [3.63, 3.8) is 0 Å². The predicted molar refractivity (Wildman–Crippen MR) is 59.0 cm³/mol. The van der Waals surface area contributed by atoms with Crippen molar-refractivity contribution in [2.24, 2.45) is 0 Å². The van der Waals surface area contributed by atoms with Gasteiger partial charge in [0.25, 0.3) is 0 Å². The van der Waals surface area contributed by atoms with Crippen molar-refractivity contribution in [3.8, 4) is 5.75 Å². The fourth-order valence-electron chi connectivity index (χ4n) is 1.50. The topological polar surface area (TPSA) is 38.3 Å². The van der Waals surface area contributed by atoms with Gasteiger partial charge in [-0.15, -0.1) is 11.3 Å². The molecule has 1 aromatic carbocycles. The second-order valence-corrected chi connectivity index (χ2v) is 4.09. The van der Waals surface area contributed by atoms with Crippen molar-refractivity contribution < 1.29 is 9.53 Å². The largest absolute Gasteiger partial charge is 0.421 e. The summed E-state index contributed by atoms with van der Waals surface area (Å²) in [4.78, 5) is 11.7. The number of hydrogen-bond donors (Lipinski definition) is 1. The first-order chi connectivity index (χ1) is 7.34. The Hall–Kier alpha value is -1.81. The van der Waals surface area contributed by atoms with E-state index in [1.165, 1.54) is 11.3 Å². The number of benzene rings is 1. The molecule has 3 nitrogen and oxygen atoms in total. The molecule has 0 radical (unpaired) electrons. The molecule has 0 unspecified atom stereocenters. The standard InChI is InChI=1S/C11H7NO2S/c13-11-7-5-6-15-10(7)12-8-3-1-2-4-9(8)14-11/h1-6,12H. The van der Waals surface area contributed by atoms with E-state index in [0.717, 1.165) is 10.7 Å². The number of carbonyl (C=O) groups excluding carboxylic acids is 1. The van der Waals surface area contributed by atoms with Crippen LogP contribution in [0.15, 0.2) is 35.7 Å². The molecular weight excluding hydrogens is 210 g/mol. The highest BCUT2D eigenvalue weighted by atomic mass is 32.1. The molecule has 1 aliphatic rings. The van der Waals surface area contributed by atoms with Crippen LogP contribution < -0.4 is 10.1 Å². The highest BCUT2D eigenvalue weighted by Gasteiger charge is 2.21. The highest BCUT2D eigenvalue weighted by molar-refractivity contribution is 7.14. The van der Waals surface area contributed by atoms with E-state index < -0.39 is 0 Å². The molecule has 1 aromatic heterocycles. The molecule has 0 spiro atoms. The molecule has 4 heteroatoms. The normalized spacial score (nSPS) is 13.2. The molecule has 0 saturated heterocycles. The van der Waals surface area contributed by atoms with Crippen LogP contribution in [0.1, 0.15) is 10.4 Å². The third kappa shape index (κ3) is 1.30.